The molecule has 0 aromatic heterocycles. The Kier molecular flexibility index (Phi) is 5.77. The first-order chi connectivity index (χ1) is 7.69. The molecule has 0 saturated carbocycles. The van der Waals surface area contributed by atoms with Gasteiger partial charge in [-0.25, -0.2) is 0 Å². The van der Waals surface area contributed by atoms with Gasteiger partial charge in [-0.15, -0.1) is 0 Å². The number of primary amides is 1. The van der Waals surface area contributed by atoms with Gasteiger partial charge in [-0.05, 0) is 32.9 Å². The van der Waals surface area contributed by atoms with Crippen molar-refractivity contribution < 1.29 is 4.79 Å². The van der Waals surface area contributed by atoms with Gasteiger partial charge in [0.2, 0.25) is 5.91 Å². The molecule has 2 unspecified atom stereocenters. The minimum atomic E-state index is -0.247. The maximum atomic E-state index is 11.2. The third-order valence-electron chi connectivity index (χ3n) is 3.48. The lowest BCUT2D eigenvalue weighted by Gasteiger charge is -2.37. The molecular formula is C12H25N3O. The highest BCUT2D eigenvalue weighted by Gasteiger charge is 2.25. The third-order valence-corrected chi connectivity index (χ3v) is 3.48. The van der Waals surface area contributed by atoms with E-state index in [1.54, 1.807) is 7.05 Å². The fourth-order valence-corrected chi connectivity index (χ4v) is 2.52. The van der Waals surface area contributed by atoms with Gasteiger partial charge >= 0.3 is 0 Å². The number of likely N-dealkylation sites (N-methyl/N-ethyl adjacent to an activating group) is 1. The van der Waals surface area contributed by atoms with E-state index >= 15 is 0 Å². The van der Waals surface area contributed by atoms with Crippen LogP contribution in [0.5, 0.6) is 0 Å². The molecule has 0 radical (unpaired) electrons. The zero-order valence-electron chi connectivity index (χ0n) is 10.5. The maximum Gasteiger partial charge on any atom is 0.235 e. The number of piperidine rings is 1. The minimum absolute atomic E-state index is 0.211. The van der Waals surface area contributed by atoms with Gasteiger partial charge in [0.15, 0.2) is 0 Å². The smallest absolute Gasteiger partial charge is 0.235 e. The Bertz CT molecular complexity index is 218. The number of hydrogen-bond donors (Lipinski definition) is 2. The molecule has 4 nitrogen and oxygen atoms in total. The van der Waals surface area contributed by atoms with E-state index in [-0.39, 0.29) is 11.9 Å². The molecule has 1 amide bonds. The summed E-state index contributed by atoms with van der Waals surface area (Å²) in [5.74, 6) is -0.247. The van der Waals surface area contributed by atoms with Crippen LogP contribution in [0.4, 0.5) is 0 Å². The van der Waals surface area contributed by atoms with Crippen LogP contribution < -0.4 is 11.1 Å². The summed E-state index contributed by atoms with van der Waals surface area (Å²) in [5.41, 5.74) is 5.36. The van der Waals surface area contributed by atoms with Crippen LogP contribution in [-0.4, -0.2) is 43.0 Å². The van der Waals surface area contributed by atoms with Crippen molar-refractivity contribution in [3.8, 4) is 0 Å². The van der Waals surface area contributed by atoms with Gasteiger partial charge in [0, 0.05) is 12.6 Å². The van der Waals surface area contributed by atoms with Crippen molar-refractivity contribution in [1.82, 2.24) is 10.2 Å². The summed E-state index contributed by atoms with van der Waals surface area (Å²) in [5, 5.41) is 3.00. The average molecular weight is 227 g/mol. The summed E-state index contributed by atoms with van der Waals surface area (Å²) in [6.07, 6.45) is 6.28. The molecule has 1 rings (SSSR count). The van der Waals surface area contributed by atoms with Gasteiger partial charge in [0.05, 0.1) is 6.04 Å². The number of hydrogen-bond acceptors (Lipinski definition) is 3. The van der Waals surface area contributed by atoms with E-state index in [4.69, 9.17) is 5.73 Å². The highest BCUT2D eigenvalue weighted by molar-refractivity contribution is 5.80. The Hall–Kier alpha value is -0.610. The number of nitrogens with two attached hydrogens (primary N) is 1. The van der Waals surface area contributed by atoms with Gasteiger partial charge in [-0.1, -0.05) is 19.8 Å². The molecule has 94 valence electrons. The first-order valence-electron chi connectivity index (χ1n) is 6.39. The first-order valence-corrected chi connectivity index (χ1v) is 6.39. The van der Waals surface area contributed by atoms with Gasteiger partial charge in [0.25, 0.3) is 0 Å². The average Bonchev–Trinajstić information content (AvgIpc) is 2.27. The van der Waals surface area contributed by atoms with Crippen LogP contribution in [-0.2, 0) is 4.79 Å². The van der Waals surface area contributed by atoms with Crippen LogP contribution in [0, 0.1) is 0 Å². The number of nitrogens with one attached hydrogen (secondary N) is 1. The summed E-state index contributed by atoms with van der Waals surface area (Å²) < 4.78 is 0. The normalized spacial score (nSPS) is 24.2. The van der Waals surface area contributed by atoms with E-state index in [0.717, 1.165) is 13.1 Å². The number of amides is 1. The van der Waals surface area contributed by atoms with Crippen molar-refractivity contribution >= 4 is 5.91 Å². The Morgan fingerprint density at radius 2 is 2.31 bits per heavy atom. The van der Waals surface area contributed by atoms with E-state index < -0.39 is 0 Å². The monoisotopic (exact) mass is 227 g/mol. The third kappa shape index (κ3) is 3.76. The van der Waals surface area contributed by atoms with Crippen LogP contribution in [0.15, 0.2) is 0 Å². The highest BCUT2D eigenvalue weighted by Crippen LogP contribution is 2.20. The zero-order chi connectivity index (χ0) is 12.0. The van der Waals surface area contributed by atoms with Crippen molar-refractivity contribution in [3.63, 3.8) is 0 Å². The molecule has 2 atom stereocenters. The number of rotatable bonds is 6. The Labute approximate surface area is 98.6 Å². The van der Waals surface area contributed by atoms with Crippen molar-refractivity contribution in [2.45, 2.75) is 51.1 Å². The molecule has 1 heterocycles. The zero-order valence-corrected chi connectivity index (χ0v) is 10.5. The molecule has 1 fully saturated rings. The summed E-state index contributed by atoms with van der Waals surface area (Å²) in [6.45, 7) is 4.09. The SMILES string of the molecule is CCCC1CCCCN1CC(NC)C(N)=O. The lowest BCUT2D eigenvalue weighted by molar-refractivity contribution is -0.120. The molecule has 1 aliphatic rings. The van der Waals surface area contributed by atoms with E-state index in [1.807, 2.05) is 0 Å². The van der Waals surface area contributed by atoms with Gasteiger partial charge in [0.1, 0.15) is 0 Å². The number of nitrogens with zero attached hydrogens (tertiary/aromatic N) is 1. The highest BCUT2D eigenvalue weighted by atomic mass is 16.1. The molecule has 0 aliphatic carbocycles. The minimum Gasteiger partial charge on any atom is -0.368 e. The van der Waals surface area contributed by atoms with Gasteiger partial charge in [-0.2, -0.15) is 0 Å². The van der Waals surface area contributed by atoms with Crippen molar-refractivity contribution in [1.29, 1.82) is 0 Å². The molecule has 0 bridgehead atoms. The predicted molar refractivity (Wildman–Crippen MR) is 66.2 cm³/mol. The second kappa shape index (κ2) is 6.86. The molecule has 1 saturated heterocycles. The number of carbonyl (C=O) groups is 1. The molecule has 1 aliphatic heterocycles. The maximum absolute atomic E-state index is 11.2. The molecule has 0 aromatic rings. The van der Waals surface area contributed by atoms with Crippen LogP contribution in [0.2, 0.25) is 0 Å². The van der Waals surface area contributed by atoms with Crippen LogP contribution in [0.1, 0.15) is 39.0 Å². The van der Waals surface area contributed by atoms with Crippen molar-refractivity contribution in [2.75, 3.05) is 20.1 Å². The quantitative estimate of drug-likeness (QED) is 0.703. The van der Waals surface area contributed by atoms with Crippen LogP contribution >= 0.6 is 0 Å². The molecule has 0 aromatic carbocycles. The molecule has 16 heavy (non-hydrogen) atoms. The molecular weight excluding hydrogens is 202 g/mol. The fraction of sp³-hybridized carbons (Fsp3) is 0.917. The summed E-state index contributed by atoms with van der Waals surface area (Å²) >= 11 is 0. The summed E-state index contributed by atoms with van der Waals surface area (Å²) in [4.78, 5) is 13.6. The predicted octanol–water partition coefficient (Wildman–Crippen LogP) is 0.714. The summed E-state index contributed by atoms with van der Waals surface area (Å²) in [6, 6.07) is 0.436. The van der Waals surface area contributed by atoms with Crippen LogP contribution in [0.3, 0.4) is 0 Å². The van der Waals surface area contributed by atoms with Gasteiger partial charge < -0.3 is 11.1 Å². The van der Waals surface area contributed by atoms with Gasteiger partial charge in [-0.3, -0.25) is 9.69 Å². The topological polar surface area (TPSA) is 58.4 Å². The fourth-order valence-electron chi connectivity index (χ4n) is 2.52. The second-order valence-corrected chi connectivity index (χ2v) is 4.68. The van der Waals surface area contributed by atoms with E-state index in [2.05, 4.69) is 17.1 Å². The van der Waals surface area contributed by atoms with E-state index in [9.17, 15) is 4.79 Å². The Morgan fingerprint density at radius 3 is 2.88 bits per heavy atom. The lowest BCUT2D eigenvalue weighted by atomic mass is 9.97. The second-order valence-electron chi connectivity index (χ2n) is 4.68. The molecule has 3 N–H and O–H groups in total. The number of likely N-dealkylation sites (tertiary alicyclic amines) is 1. The Balaban J connectivity index is 2.50. The molecule has 4 heteroatoms. The van der Waals surface area contributed by atoms with E-state index in [1.165, 1.54) is 32.1 Å². The largest absolute Gasteiger partial charge is 0.368 e. The van der Waals surface area contributed by atoms with Crippen molar-refractivity contribution in [2.24, 2.45) is 5.73 Å². The lowest BCUT2D eigenvalue weighted by Crippen LogP contribution is -2.51. The Morgan fingerprint density at radius 1 is 1.56 bits per heavy atom. The van der Waals surface area contributed by atoms with Crippen LogP contribution in [0.25, 0.3) is 0 Å². The standard InChI is InChI=1S/C12H25N3O/c1-3-6-10-7-4-5-8-15(10)9-11(14-2)12(13)16/h10-11,14H,3-9H2,1-2H3,(H2,13,16). The first kappa shape index (κ1) is 13.5. The molecule has 0 spiro atoms. The van der Waals surface area contributed by atoms with E-state index in [0.29, 0.717) is 6.04 Å². The van der Waals surface area contributed by atoms with Crippen molar-refractivity contribution in [3.05, 3.63) is 0 Å². The number of carbonyl (C=O) groups excluding carboxylic acids is 1. The summed E-state index contributed by atoms with van der Waals surface area (Å²) in [7, 11) is 1.80.